The number of halogens is 1. The number of nitrogens with two attached hydrogens (primary N) is 1. The molecule has 22 heavy (non-hydrogen) atoms. The van der Waals surface area contributed by atoms with Gasteiger partial charge < -0.3 is 11.1 Å². The number of nitrogens with one attached hydrogen (secondary N) is 1. The Hall–Kier alpha value is -0.820. The highest BCUT2D eigenvalue weighted by molar-refractivity contribution is 14.0. The molecule has 0 radical (unpaired) electrons. The summed E-state index contributed by atoms with van der Waals surface area (Å²) >= 11 is 0. The number of nitrogens with zero attached hydrogens (tertiary/aromatic N) is 2. The summed E-state index contributed by atoms with van der Waals surface area (Å²) in [5, 5.41) is 3.13. The maximum absolute atomic E-state index is 5.83. The molecular formula is C17H29IN4. The Morgan fingerprint density at radius 3 is 2.45 bits per heavy atom. The van der Waals surface area contributed by atoms with Gasteiger partial charge in [0.25, 0.3) is 0 Å². The highest BCUT2D eigenvalue weighted by Crippen LogP contribution is 2.13. The first kappa shape index (κ1) is 19.2. The van der Waals surface area contributed by atoms with Crippen LogP contribution in [0.3, 0.4) is 0 Å². The summed E-state index contributed by atoms with van der Waals surface area (Å²) in [6.45, 7) is 7.27. The van der Waals surface area contributed by atoms with E-state index in [-0.39, 0.29) is 24.0 Å². The van der Waals surface area contributed by atoms with Crippen LogP contribution in [0.1, 0.15) is 43.7 Å². The van der Waals surface area contributed by atoms with Crippen molar-refractivity contribution in [1.82, 2.24) is 10.2 Å². The number of unbranched alkanes of at least 4 members (excludes halogenated alkanes) is 1. The minimum Gasteiger partial charge on any atom is -0.370 e. The lowest BCUT2D eigenvalue weighted by Gasteiger charge is -2.14. The molecule has 0 saturated carbocycles. The Labute approximate surface area is 151 Å². The monoisotopic (exact) mass is 416 g/mol. The van der Waals surface area contributed by atoms with Gasteiger partial charge in [0.1, 0.15) is 0 Å². The number of hydrogen-bond donors (Lipinski definition) is 2. The molecule has 0 unspecified atom stereocenters. The van der Waals surface area contributed by atoms with Crippen molar-refractivity contribution in [2.24, 2.45) is 10.7 Å². The van der Waals surface area contributed by atoms with Gasteiger partial charge in [-0.05, 0) is 43.5 Å². The highest BCUT2D eigenvalue weighted by atomic mass is 127. The molecule has 2 rings (SSSR count). The largest absolute Gasteiger partial charge is 0.370 e. The van der Waals surface area contributed by atoms with E-state index in [1.54, 1.807) is 0 Å². The zero-order valence-electron chi connectivity index (χ0n) is 13.6. The lowest BCUT2D eigenvalue weighted by molar-refractivity contribution is 0.331. The van der Waals surface area contributed by atoms with Crippen LogP contribution < -0.4 is 11.1 Å². The lowest BCUT2D eigenvalue weighted by Crippen LogP contribution is -2.32. The summed E-state index contributed by atoms with van der Waals surface area (Å²) in [6.07, 6.45) is 4.98. The van der Waals surface area contributed by atoms with Crippen LogP contribution in [0, 0.1) is 0 Å². The Morgan fingerprint density at radius 1 is 1.18 bits per heavy atom. The number of aliphatic imine (C=N–C) groups is 1. The first-order valence-corrected chi connectivity index (χ1v) is 8.12. The van der Waals surface area contributed by atoms with E-state index in [9.17, 15) is 0 Å². The Kier molecular flexibility index (Phi) is 9.47. The molecule has 1 saturated heterocycles. The standard InChI is InChI=1S/C17H28N4.HI/c1-2-3-10-19-17(18)20-13-15-6-8-16(9-7-15)14-21-11-4-5-12-21;/h6-9H,2-5,10-14H2,1H3,(H3,18,19,20);1H. The number of likely N-dealkylation sites (tertiary alicyclic amines) is 1. The van der Waals surface area contributed by atoms with Gasteiger partial charge in [-0.25, -0.2) is 4.99 Å². The molecule has 4 nitrogen and oxygen atoms in total. The molecular weight excluding hydrogens is 387 g/mol. The highest BCUT2D eigenvalue weighted by Gasteiger charge is 2.11. The molecule has 5 heteroatoms. The third-order valence-corrected chi connectivity index (χ3v) is 3.90. The Bertz CT molecular complexity index is 438. The van der Waals surface area contributed by atoms with Crippen molar-refractivity contribution < 1.29 is 0 Å². The van der Waals surface area contributed by atoms with Crippen molar-refractivity contribution in [2.45, 2.75) is 45.7 Å². The van der Waals surface area contributed by atoms with Crippen LogP contribution in [0.25, 0.3) is 0 Å². The lowest BCUT2D eigenvalue weighted by atomic mass is 10.1. The smallest absolute Gasteiger partial charge is 0.188 e. The maximum Gasteiger partial charge on any atom is 0.188 e. The summed E-state index contributed by atoms with van der Waals surface area (Å²) in [7, 11) is 0. The van der Waals surface area contributed by atoms with E-state index in [1.807, 2.05) is 0 Å². The molecule has 0 bridgehead atoms. The molecule has 1 aromatic carbocycles. The van der Waals surface area contributed by atoms with E-state index in [0.717, 1.165) is 19.5 Å². The van der Waals surface area contributed by atoms with Crippen LogP contribution in [-0.2, 0) is 13.1 Å². The predicted octanol–water partition coefficient (Wildman–Crippen LogP) is 3.10. The summed E-state index contributed by atoms with van der Waals surface area (Å²) in [5.74, 6) is 0.546. The maximum atomic E-state index is 5.83. The predicted molar refractivity (Wildman–Crippen MR) is 105 cm³/mol. The molecule has 124 valence electrons. The molecule has 3 N–H and O–H groups in total. The van der Waals surface area contributed by atoms with Gasteiger partial charge >= 0.3 is 0 Å². The second kappa shape index (κ2) is 10.8. The molecule has 0 amide bonds. The quantitative estimate of drug-likeness (QED) is 0.311. The molecule has 1 aromatic rings. The summed E-state index contributed by atoms with van der Waals surface area (Å²) in [6, 6.07) is 8.75. The molecule has 1 aliphatic rings. The van der Waals surface area contributed by atoms with Crippen LogP contribution in [0.2, 0.25) is 0 Å². The average molecular weight is 416 g/mol. The van der Waals surface area contributed by atoms with Gasteiger partial charge in [0.2, 0.25) is 0 Å². The van der Waals surface area contributed by atoms with Gasteiger partial charge in [-0.1, -0.05) is 37.6 Å². The minimum atomic E-state index is 0. The van der Waals surface area contributed by atoms with Gasteiger partial charge in [0, 0.05) is 13.1 Å². The SMILES string of the molecule is CCCCNC(N)=NCc1ccc(CN2CCCC2)cc1.I. The van der Waals surface area contributed by atoms with E-state index in [2.05, 4.69) is 46.4 Å². The summed E-state index contributed by atoms with van der Waals surface area (Å²) in [4.78, 5) is 6.89. The minimum absolute atomic E-state index is 0. The van der Waals surface area contributed by atoms with Crippen LogP contribution >= 0.6 is 24.0 Å². The zero-order chi connectivity index (χ0) is 14.9. The number of rotatable bonds is 7. The molecule has 0 aliphatic carbocycles. The first-order chi connectivity index (χ1) is 10.3. The molecule has 1 fully saturated rings. The Morgan fingerprint density at radius 2 is 1.82 bits per heavy atom. The Balaban J connectivity index is 0.00000242. The summed E-state index contributed by atoms with van der Waals surface area (Å²) in [5.41, 5.74) is 8.43. The van der Waals surface area contributed by atoms with Crippen molar-refractivity contribution >= 4 is 29.9 Å². The van der Waals surface area contributed by atoms with Gasteiger partial charge in [-0.15, -0.1) is 24.0 Å². The fourth-order valence-corrected chi connectivity index (χ4v) is 2.57. The molecule has 1 aliphatic heterocycles. The summed E-state index contributed by atoms with van der Waals surface area (Å²) < 4.78 is 0. The van der Waals surface area contributed by atoms with Gasteiger partial charge in [0.15, 0.2) is 5.96 Å². The van der Waals surface area contributed by atoms with E-state index in [4.69, 9.17) is 5.73 Å². The van der Waals surface area contributed by atoms with Crippen molar-refractivity contribution in [1.29, 1.82) is 0 Å². The second-order valence-corrected chi connectivity index (χ2v) is 5.78. The topological polar surface area (TPSA) is 53.6 Å². The van der Waals surface area contributed by atoms with Gasteiger partial charge in [-0.2, -0.15) is 0 Å². The third-order valence-electron chi connectivity index (χ3n) is 3.90. The first-order valence-electron chi connectivity index (χ1n) is 8.12. The van der Waals surface area contributed by atoms with Crippen molar-refractivity contribution in [3.63, 3.8) is 0 Å². The van der Waals surface area contributed by atoms with Crippen LogP contribution in [0.15, 0.2) is 29.3 Å². The second-order valence-electron chi connectivity index (χ2n) is 5.78. The van der Waals surface area contributed by atoms with Gasteiger partial charge in [-0.3, -0.25) is 4.90 Å². The van der Waals surface area contributed by atoms with Crippen LogP contribution in [0.4, 0.5) is 0 Å². The fraction of sp³-hybridized carbons (Fsp3) is 0.588. The van der Waals surface area contributed by atoms with Gasteiger partial charge in [0.05, 0.1) is 6.54 Å². The third kappa shape index (κ3) is 6.96. The van der Waals surface area contributed by atoms with Crippen molar-refractivity contribution in [3.05, 3.63) is 35.4 Å². The zero-order valence-corrected chi connectivity index (χ0v) is 15.9. The van der Waals surface area contributed by atoms with Crippen LogP contribution in [0.5, 0.6) is 0 Å². The molecule has 0 aromatic heterocycles. The number of hydrogen-bond acceptors (Lipinski definition) is 2. The van der Waals surface area contributed by atoms with E-state index < -0.39 is 0 Å². The van der Waals surface area contributed by atoms with Crippen molar-refractivity contribution in [3.8, 4) is 0 Å². The molecule has 1 heterocycles. The number of guanidine groups is 1. The number of benzene rings is 1. The average Bonchev–Trinajstić information content (AvgIpc) is 3.00. The van der Waals surface area contributed by atoms with E-state index >= 15 is 0 Å². The molecule has 0 spiro atoms. The fourth-order valence-electron chi connectivity index (χ4n) is 2.57. The van der Waals surface area contributed by atoms with Crippen LogP contribution in [-0.4, -0.2) is 30.5 Å². The van der Waals surface area contributed by atoms with E-state index in [0.29, 0.717) is 12.5 Å². The normalized spacial score (nSPS) is 15.6. The van der Waals surface area contributed by atoms with Crippen molar-refractivity contribution in [2.75, 3.05) is 19.6 Å². The van der Waals surface area contributed by atoms with E-state index in [1.165, 1.54) is 43.5 Å². The molecule has 0 atom stereocenters.